The van der Waals surface area contributed by atoms with Crippen molar-refractivity contribution in [2.24, 2.45) is 7.05 Å². The Morgan fingerprint density at radius 1 is 1.28 bits per heavy atom. The SMILES string of the molecule is Cn1ncc(N2CC3CC(C2)N3Cc2ncc(F)cc2F)c(Cl)c1=O. The molecule has 0 aliphatic carbocycles. The maximum Gasteiger partial charge on any atom is 0.287 e. The summed E-state index contributed by atoms with van der Waals surface area (Å²) >= 11 is 6.17. The summed E-state index contributed by atoms with van der Waals surface area (Å²) in [5.74, 6) is -1.30. The van der Waals surface area contributed by atoms with Gasteiger partial charge in [0, 0.05) is 44.8 Å². The molecule has 5 heterocycles. The van der Waals surface area contributed by atoms with E-state index in [4.69, 9.17) is 11.6 Å². The van der Waals surface area contributed by atoms with Crippen molar-refractivity contribution in [1.82, 2.24) is 19.7 Å². The molecule has 2 unspecified atom stereocenters. The van der Waals surface area contributed by atoms with E-state index in [1.807, 2.05) is 4.90 Å². The summed E-state index contributed by atoms with van der Waals surface area (Å²) in [4.78, 5) is 20.0. The second-order valence-corrected chi connectivity index (χ2v) is 6.85. The summed E-state index contributed by atoms with van der Waals surface area (Å²) in [6.07, 6.45) is 3.63. The second kappa shape index (κ2) is 6.03. The van der Waals surface area contributed by atoms with Crippen molar-refractivity contribution in [3.8, 4) is 0 Å². The monoisotopic (exact) mass is 367 g/mol. The Morgan fingerprint density at radius 2 is 2.00 bits per heavy atom. The smallest absolute Gasteiger partial charge is 0.287 e. The van der Waals surface area contributed by atoms with Crippen LogP contribution in [0.2, 0.25) is 5.02 Å². The Labute approximate surface area is 147 Å². The van der Waals surface area contributed by atoms with Crippen molar-refractivity contribution < 1.29 is 8.78 Å². The molecule has 3 aliphatic rings. The van der Waals surface area contributed by atoms with Gasteiger partial charge in [-0.05, 0) is 6.42 Å². The van der Waals surface area contributed by atoms with Gasteiger partial charge in [0.15, 0.2) is 0 Å². The zero-order chi connectivity index (χ0) is 17.7. The van der Waals surface area contributed by atoms with Crippen LogP contribution in [0.1, 0.15) is 12.1 Å². The highest BCUT2D eigenvalue weighted by Gasteiger charge is 2.45. The van der Waals surface area contributed by atoms with Crippen LogP contribution in [0.5, 0.6) is 0 Å². The molecule has 3 fully saturated rings. The van der Waals surface area contributed by atoms with Gasteiger partial charge in [-0.2, -0.15) is 5.10 Å². The van der Waals surface area contributed by atoms with Crippen LogP contribution in [-0.2, 0) is 13.6 Å². The van der Waals surface area contributed by atoms with Crippen LogP contribution < -0.4 is 10.5 Å². The van der Waals surface area contributed by atoms with Gasteiger partial charge in [-0.25, -0.2) is 13.5 Å². The lowest BCUT2D eigenvalue weighted by Crippen LogP contribution is -2.68. The highest BCUT2D eigenvalue weighted by Crippen LogP contribution is 2.36. The first-order valence-electron chi connectivity index (χ1n) is 7.96. The van der Waals surface area contributed by atoms with Gasteiger partial charge in [0.1, 0.15) is 16.7 Å². The molecule has 2 aromatic heterocycles. The molecule has 0 radical (unpaired) electrons. The summed E-state index contributed by atoms with van der Waals surface area (Å²) in [5, 5.41) is 4.19. The Morgan fingerprint density at radius 3 is 2.68 bits per heavy atom. The van der Waals surface area contributed by atoms with Crippen molar-refractivity contribution in [2.45, 2.75) is 25.0 Å². The van der Waals surface area contributed by atoms with E-state index in [1.165, 1.54) is 4.68 Å². The second-order valence-electron chi connectivity index (χ2n) is 6.48. The van der Waals surface area contributed by atoms with Crippen molar-refractivity contribution in [3.05, 3.63) is 51.2 Å². The average Bonchev–Trinajstić information content (AvgIpc) is 2.59. The topological polar surface area (TPSA) is 54.3 Å². The van der Waals surface area contributed by atoms with E-state index < -0.39 is 11.6 Å². The minimum Gasteiger partial charge on any atom is -0.366 e. The number of piperazine rings is 1. The largest absolute Gasteiger partial charge is 0.366 e. The predicted molar refractivity (Wildman–Crippen MR) is 88.6 cm³/mol. The molecule has 0 aromatic carbocycles. The van der Waals surface area contributed by atoms with Crippen molar-refractivity contribution in [3.63, 3.8) is 0 Å². The molecule has 132 valence electrons. The summed E-state index contributed by atoms with van der Waals surface area (Å²) in [5.41, 5.74) is 0.552. The van der Waals surface area contributed by atoms with Crippen LogP contribution in [0.25, 0.3) is 0 Å². The maximum absolute atomic E-state index is 13.8. The lowest BCUT2D eigenvalue weighted by molar-refractivity contribution is -0.0103. The molecule has 5 rings (SSSR count). The van der Waals surface area contributed by atoms with Gasteiger partial charge in [0.05, 0.1) is 23.8 Å². The molecular formula is C16H16ClF2N5O. The van der Waals surface area contributed by atoms with E-state index >= 15 is 0 Å². The molecule has 0 N–H and O–H groups in total. The van der Waals surface area contributed by atoms with E-state index in [-0.39, 0.29) is 28.4 Å². The number of aromatic nitrogens is 3. The number of fused-ring (bicyclic) bond motifs is 2. The lowest BCUT2D eigenvalue weighted by Gasteiger charge is -2.56. The molecule has 2 aromatic rings. The van der Waals surface area contributed by atoms with Gasteiger partial charge in [-0.3, -0.25) is 14.7 Å². The summed E-state index contributed by atoms with van der Waals surface area (Å²) in [7, 11) is 1.55. The Kier molecular flexibility index (Phi) is 3.96. The van der Waals surface area contributed by atoms with E-state index in [2.05, 4.69) is 15.0 Å². The van der Waals surface area contributed by atoms with E-state index in [0.29, 0.717) is 25.3 Å². The first-order valence-corrected chi connectivity index (χ1v) is 8.34. The van der Waals surface area contributed by atoms with Gasteiger partial charge in [0.25, 0.3) is 5.56 Å². The zero-order valence-electron chi connectivity index (χ0n) is 13.5. The molecule has 3 aliphatic heterocycles. The van der Waals surface area contributed by atoms with Gasteiger partial charge in [-0.1, -0.05) is 11.6 Å². The van der Waals surface area contributed by atoms with Crippen molar-refractivity contribution >= 4 is 17.3 Å². The standard InChI is InChI=1S/C16H16ClF2N5O/c1-22-16(25)15(17)14(5-21-22)23-6-10-3-11(7-23)24(10)8-13-12(19)2-9(18)4-20-13/h2,4-5,10-11H,3,6-8H2,1H3. The van der Waals surface area contributed by atoms with Crippen LogP contribution in [0.3, 0.4) is 0 Å². The molecule has 25 heavy (non-hydrogen) atoms. The fourth-order valence-electron chi connectivity index (χ4n) is 3.60. The average molecular weight is 368 g/mol. The number of aryl methyl sites for hydroxylation is 1. The molecule has 3 saturated heterocycles. The predicted octanol–water partition coefficient (Wildman–Crippen LogP) is 1.57. The number of pyridine rings is 1. The fraction of sp³-hybridized carbons (Fsp3) is 0.438. The highest BCUT2D eigenvalue weighted by molar-refractivity contribution is 6.33. The summed E-state index contributed by atoms with van der Waals surface area (Å²) in [6.45, 7) is 1.69. The maximum atomic E-state index is 13.8. The third-order valence-corrected chi connectivity index (χ3v) is 5.32. The van der Waals surface area contributed by atoms with Gasteiger partial charge < -0.3 is 4.90 Å². The van der Waals surface area contributed by atoms with E-state index in [1.54, 1.807) is 13.2 Å². The first-order chi connectivity index (χ1) is 11.9. The summed E-state index contributed by atoms with van der Waals surface area (Å²) in [6, 6.07) is 1.28. The molecule has 9 heteroatoms. The number of anilines is 1. The van der Waals surface area contributed by atoms with Gasteiger partial charge in [-0.15, -0.1) is 0 Å². The number of piperidine rings is 1. The number of halogens is 3. The fourth-order valence-corrected chi connectivity index (χ4v) is 3.89. The van der Waals surface area contributed by atoms with Gasteiger partial charge >= 0.3 is 0 Å². The molecule has 0 saturated carbocycles. The molecule has 2 atom stereocenters. The summed E-state index contributed by atoms with van der Waals surface area (Å²) < 4.78 is 28.0. The van der Waals surface area contributed by atoms with Crippen molar-refractivity contribution in [2.75, 3.05) is 18.0 Å². The molecular weight excluding hydrogens is 352 g/mol. The number of hydrogen-bond acceptors (Lipinski definition) is 5. The highest BCUT2D eigenvalue weighted by atomic mass is 35.5. The van der Waals surface area contributed by atoms with Crippen LogP contribution >= 0.6 is 11.6 Å². The van der Waals surface area contributed by atoms with E-state index in [0.717, 1.165) is 18.7 Å². The minimum atomic E-state index is -0.677. The molecule has 0 spiro atoms. The molecule has 2 bridgehead atoms. The number of rotatable bonds is 3. The number of hydrogen-bond donors (Lipinski definition) is 0. The quantitative estimate of drug-likeness (QED) is 0.824. The lowest BCUT2D eigenvalue weighted by atomic mass is 9.87. The van der Waals surface area contributed by atoms with Crippen LogP contribution in [-0.4, -0.2) is 44.8 Å². The van der Waals surface area contributed by atoms with Crippen molar-refractivity contribution in [1.29, 1.82) is 0 Å². The zero-order valence-corrected chi connectivity index (χ0v) is 14.2. The normalized spacial score (nSPS) is 22.8. The molecule has 0 amide bonds. The molecule has 6 nitrogen and oxygen atoms in total. The minimum absolute atomic E-state index is 0.164. The van der Waals surface area contributed by atoms with Crippen LogP contribution in [0.4, 0.5) is 14.5 Å². The Balaban J connectivity index is 1.49. The van der Waals surface area contributed by atoms with E-state index in [9.17, 15) is 13.6 Å². The van der Waals surface area contributed by atoms with Crippen LogP contribution in [0, 0.1) is 11.6 Å². The third-order valence-electron chi connectivity index (χ3n) is 4.96. The van der Waals surface area contributed by atoms with Crippen LogP contribution in [0.15, 0.2) is 23.3 Å². The van der Waals surface area contributed by atoms with Gasteiger partial charge in [0.2, 0.25) is 0 Å². The first kappa shape index (κ1) is 16.4. The third kappa shape index (κ3) is 2.79. The Hall–Kier alpha value is -2.06. The number of nitrogens with zero attached hydrogens (tertiary/aromatic N) is 5. The Bertz CT molecular complexity index is 877.